The van der Waals surface area contributed by atoms with Gasteiger partial charge in [0.1, 0.15) is 5.56 Å². The van der Waals surface area contributed by atoms with Gasteiger partial charge in [-0.1, -0.05) is 6.92 Å². The van der Waals surface area contributed by atoms with E-state index in [4.69, 9.17) is 5.11 Å². The van der Waals surface area contributed by atoms with E-state index in [-0.39, 0.29) is 5.56 Å². The van der Waals surface area contributed by atoms with E-state index in [1.54, 1.807) is 11.7 Å². The third kappa shape index (κ3) is 2.24. The molecule has 5 heteroatoms. The van der Waals surface area contributed by atoms with Gasteiger partial charge in [0.2, 0.25) is 0 Å². The molecule has 0 spiro atoms. The number of hydrogen-bond donors (Lipinski definition) is 2. The number of aromatic nitrogens is 2. The van der Waals surface area contributed by atoms with E-state index in [1.807, 2.05) is 0 Å². The Morgan fingerprint density at radius 3 is 2.94 bits per heavy atom. The Kier molecular flexibility index (Phi) is 2.71. The fraction of sp³-hybridized carbons (Fsp3) is 0.636. The van der Waals surface area contributed by atoms with Gasteiger partial charge in [-0.25, -0.2) is 4.79 Å². The van der Waals surface area contributed by atoms with Crippen molar-refractivity contribution in [1.29, 1.82) is 0 Å². The number of carboxylic acid groups (broad SMARTS) is 1. The molecule has 0 aliphatic heterocycles. The highest BCUT2D eigenvalue weighted by Gasteiger charge is 2.36. The SMILES string of the molecule is Cn1ncc(C(=O)O)c1CNCC1(C)CC1. The third-order valence-corrected chi connectivity index (χ3v) is 3.24. The molecule has 0 radical (unpaired) electrons. The fourth-order valence-corrected chi connectivity index (χ4v) is 1.72. The smallest absolute Gasteiger partial charge is 0.339 e. The predicted octanol–water partition coefficient (Wildman–Crippen LogP) is 1.01. The van der Waals surface area contributed by atoms with Crippen LogP contribution in [-0.4, -0.2) is 27.4 Å². The molecule has 2 N–H and O–H groups in total. The molecular weight excluding hydrogens is 206 g/mol. The largest absolute Gasteiger partial charge is 0.478 e. The highest BCUT2D eigenvalue weighted by Crippen LogP contribution is 2.44. The number of aromatic carboxylic acids is 1. The van der Waals surface area contributed by atoms with Crippen LogP contribution >= 0.6 is 0 Å². The molecule has 0 bridgehead atoms. The van der Waals surface area contributed by atoms with Gasteiger partial charge in [0.15, 0.2) is 0 Å². The summed E-state index contributed by atoms with van der Waals surface area (Å²) in [5.41, 5.74) is 1.45. The van der Waals surface area contributed by atoms with Crippen LogP contribution in [0.4, 0.5) is 0 Å². The van der Waals surface area contributed by atoms with Crippen molar-refractivity contribution in [2.75, 3.05) is 6.54 Å². The van der Waals surface area contributed by atoms with Gasteiger partial charge in [0, 0.05) is 20.1 Å². The number of nitrogens with zero attached hydrogens (tertiary/aromatic N) is 2. The molecule has 1 aliphatic rings. The van der Waals surface area contributed by atoms with Crippen molar-refractivity contribution >= 4 is 5.97 Å². The first-order chi connectivity index (χ1) is 7.52. The number of carbonyl (C=O) groups is 1. The van der Waals surface area contributed by atoms with E-state index in [9.17, 15) is 4.79 Å². The van der Waals surface area contributed by atoms with Crippen LogP contribution in [0.25, 0.3) is 0 Å². The van der Waals surface area contributed by atoms with Crippen LogP contribution in [0.5, 0.6) is 0 Å². The second kappa shape index (κ2) is 3.90. The first-order valence-electron chi connectivity index (χ1n) is 5.47. The van der Waals surface area contributed by atoms with Gasteiger partial charge in [-0.15, -0.1) is 0 Å². The van der Waals surface area contributed by atoms with E-state index in [1.165, 1.54) is 19.0 Å². The Hall–Kier alpha value is -1.36. The molecule has 0 unspecified atom stereocenters. The summed E-state index contributed by atoms with van der Waals surface area (Å²) in [6.07, 6.45) is 3.92. The Bertz CT molecular complexity index is 407. The minimum absolute atomic E-state index is 0.288. The first-order valence-corrected chi connectivity index (χ1v) is 5.47. The van der Waals surface area contributed by atoms with E-state index in [2.05, 4.69) is 17.3 Å². The van der Waals surface area contributed by atoms with Gasteiger partial charge in [0.25, 0.3) is 0 Å². The molecule has 1 fully saturated rings. The van der Waals surface area contributed by atoms with Crippen molar-refractivity contribution in [3.05, 3.63) is 17.5 Å². The van der Waals surface area contributed by atoms with Crippen LogP contribution in [0, 0.1) is 5.41 Å². The lowest BCUT2D eigenvalue weighted by Crippen LogP contribution is -2.23. The van der Waals surface area contributed by atoms with Gasteiger partial charge in [-0.2, -0.15) is 5.10 Å². The van der Waals surface area contributed by atoms with Gasteiger partial charge in [-0.3, -0.25) is 4.68 Å². The number of rotatable bonds is 5. The second-order valence-electron chi connectivity index (χ2n) is 4.85. The second-order valence-corrected chi connectivity index (χ2v) is 4.85. The van der Waals surface area contributed by atoms with Crippen LogP contribution in [0.1, 0.15) is 35.8 Å². The first kappa shape index (κ1) is 11.1. The number of hydrogen-bond acceptors (Lipinski definition) is 3. The lowest BCUT2D eigenvalue weighted by Gasteiger charge is -2.10. The summed E-state index contributed by atoms with van der Waals surface area (Å²) in [6, 6.07) is 0. The average Bonchev–Trinajstić information content (AvgIpc) is 2.82. The monoisotopic (exact) mass is 223 g/mol. The molecule has 1 aromatic rings. The molecule has 0 aromatic carbocycles. The van der Waals surface area contributed by atoms with Crippen molar-refractivity contribution in [3.8, 4) is 0 Å². The molecular formula is C11H17N3O2. The molecule has 16 heavy (non-hydrogen) atoms. The standard InChI is InChI=1S/C11H17N3O2/c1-11(3-4-11)7-12-6-9-8(10(15)16)5-13-14(9)2/h5,12H,3-4,6-7H2,1-2H3,(H,15,16). The minimum atomic E-state index is -0.914. The van der Waals surface area contributed by atoms with Crippen molar-refractivity contribution in [1.82, 2.24) is 15.1 Å². The zero-order chi connectivity index (χ0) is 11.8. The number of nitrogens with one attached hydrogen (secondary N) is 1. The maximum absolute atomic E-state index is 10.9. The summed E-state index contributed by atoms with van der Waals surface area (Å²) in [5.74, 6) is -0.914. The summed E-state index contributed by atoms with van der Waals surface area (Å²) in [6.45, 7) is 3.74. The lowest BCUT2D eigenvalue weighted by atomic mass is 10.1. The van der Waals surface area contributed by atoms with E-state index < -0.39 is 5.97 Å². The van der Waals surface area contributed by atoms with Crippen molar-refractivity contribution in [2.45, 2.75) is 26.3 Å². The highest BCUT2D eigenvalue weighted by molar-refractivity contribution is 5.88. The minimum Gasteiger partial charge on any atom is -0.478 e. The maximum atomic E-state index is 10.9. The normalized spacial score (nSPS) is 17.4. The molecule has 0 atom stereocenters. The predicted molar refractivity (Wildman–Crippen MR) is 59.2 cm³/mol. The van der Waals surface area contributed by atoms with Crippen molar-refractivity contribution in [3.63, 3.8) is 0 Å². The van der Waals surface area contributed by atoms with Crippen LogP contribution in [0.2, 0.25) is 0 Å². The Morgan fingerprint density at radius 2 is 2.38 bits per heavy atom. The summed E-state index contributed by atoms with van der Waals surface area (Å²) >= 11 is 0. The topological polar surface area (TPSA) is 67.2 Å². The molecule has 2 rings (SSSR count). The molecule has 5 nitrogen and oxygen atoms in total. The molecule has 1 heterocycles. The van der Waals surface area contributed by atoms with Crippen LogP contribution < -0.4 is 5.32 Å². The quantitative estimate of drug-likeness (QED) is 0.781. The van der Waals surface area contributed by atoms with Gasteiger partial charge >= 0.3 is 5.97 Å². The van der Waals surface area contributed by atoms with Crippen LogP contribution in [0.15, 0.2) is 6.20 Å². The fourth-order valence-electron chi connectivity index (χ4n) is 1.72. The van der Waals surface area contributed by atoms with E-state index in [0.29, 0.717) is 12.0 Å². The van der Waals surface area contributed by atoms with Crippen molar-refractivity contribution < 1.29 is 9.90 Å². The van der Waals surface area contributed by atoms with Crippen molar-refractivity contribution in [2.24, 2.45) is 12.5 Å². The number of aryl methyl sites for hydroxylation is 1. The molecule has 88 valence electrons. The Morgan fingerprint density at radius 1 is 1.69 bits per heavy atom. The van der Waals surface area contributed by atoms with Crippen LogP contribution in [0.3, 0.4) is 0 Å². The lowest BCUT2D eigenvalue weighted by molar-refractivity contribution is 0.0695. The molecule has 0 amide bonds. The van der Waals surface area contributed by atoms with E-state index >= 15 is 0 Å². The van der Waals surface area contributed by atoms with Gasteiger partial charge < -0.3 is 10.4 Å². The highest BCUT2D eigenvalue weighted by atomic mass is 16.4. The third-order valence-electron chi connectivity index (χ3n) is 3.24. The maximum Gasteiger partial charge on any atom is 0.339 e. The Balaban J connectivity index is 1.97. The van der Waals surface area contributed by atoms with Gasteiger partial charge in [-0.05, 0) is 18.3 Å². The van der Waals surface area contributed by atoms with Gasteiger partial charge in [0.05, 0.1) is 11.9 Å². The van der Waals surface area contributed by atoms with Crippen LogP contribution in [-0.2, 0) is 13.6 Å². The summed E-state index contributed by atoms with van der Waals surface area (Å²) in [4.78, 5) is 10.9. The average molecular weight is 223 g/mol. The summed E-state index contributed by atoms with van der Waals surface area (Å²) in [5, 5.41) is 16.2. The zero-order valence-electron chi connectivity index (χ0n) is 9.66. The summed E-state index contributed by atoms with van der Waals surface area (Å²) in [7, 11) is 1.77. The zero-order valence-corrected chi connectivity index (χ0v) is 9.66. The molecule has 1 aromatic heterocycles. The molecule has 0 saturated heterocycles. The summed E-state index contributed by atoms with van der Waals surface area (Å²) < 4.78 is 1.62. The number of carboxylic acids is 1. The molecule has 1 aliphatic carbocycles. The van der Waals surface area contributed by atoms with E-state index in [0.717, 1.165) is 12.2 Å². The molecule has 1 saturated carbocycles. The Labute approximate surface area is 94.5 Å².